The summed E-state index contributed by atoms with van der Waals surface area (Å²) in [7, 11) is 1.60. The predicted octanol–water partition coefficient (Wildman–Crippen LogP) is 2.46. The highest BCUT2D eigenvalue weighted by Crippen LogP contribution is 2.40. The van der Waals surface area contributed by atoms with Crippen LogP contribution in [-0.2, 0) is 0 Å². The molecule has 0 fully saturated rings. The third kappa shape index (κ3) is 2.86. The summed E-state index contributed by atoms with van der Waals surface area (Å²) >= 11 is 0. The number of H-pyrrole nitrogens is 1. The van der Waals surface area contributed by atoms with Crippen molar-refractivity contribution in [2.24, 2.45) is 0 Å². The lowest BCUT2D eigenvalue weighted by molar-refractivity contribution is 0.0919. The summed E-state index contributed by atoms with van der Waals surface area (Å²) in [5, 5.41) is 11.8. The van der Waals surface area contributed by atoms with Gasteiger partial charge in [-0.1, -0.05) is 6.07 Å². The highest BCUT2D eigenvalue weighted by molar-refractivity contribution is 5.93. The normalized spacial score (nSPS) is 16.0. The number of aromatic nitrogens is 1. The van der Waals surface area contributed by atoms with Crippen LogP contribution in [0.3, 0.4) is 0 Å². The van der Waals surface area contributed by atoms with Gasteiger partial charge in [0.2, 0.25) is 0 Å². The minimum Gasteiger partial charge on any atom is -0.493 e. The Labute approximate surface area is 134 Å². The SMILES string of the molecule is COc1cc(C)cc2c1OCCC2NC(=O)c1cc(C#N)c[nH]1. The number of nitrogens with one attached hydrogen (secondary N) is 2. The maximum Gasteiger partial charge on any atom is 0.268 e. The van der Waals surface area contributed by atoms with E-state index in [1.807, 2.05) is 25.1 Å². The van der Waals surface area contributed by atoms with Crippen molar-refractivity contribution in [3.05, 3.63) is 46.8 Å². The van der Waals surface area contributed by atoms with Crippen LogP contribution in [-0.4, -0.2) is 24.6 Å². The molecule has 23 heavy (non-hydrogen) atoms. The van der Waals surface area contributed by atoms with E-state index in [1.165, 1.54) is 12.3 Å². The molecule has 6 nitrogen and oxygen atoms in total. The fourth-order valence-electron chi connectivity index (χ4n) is 2.74. The second-order valence-electron chi connectivity index (χ2n) is 5.46. The van der Waals surface area contributed by atoms with Crippen LogP contribution in [0.4, 0.5) is 0 Å². The van der Waals surface area contributed by atoms with E-state index in [0.717, 1.165) is 11.1 Å². The average Bonchev–Trinajstić information content (AvgIpc) is 3.04. The second kappa shape index (κ2) is 6.05. The van der Waals surface area contributed by atoms with Crippen LogP contribution in [0.5, 0.6) is 11.5 Å². The Morgan fingerprint density at radius 2 is 2.30 bits per heavy atom. The molecule has 1 unspecified atom stereocenters. The van der Waals surface area contributed by atoms with E-state index >= 15 is 0 Å². The molecule has 6 heteroatoms. The summed E-state index contributed by atoms with van der Waals surface area (Å²) in [5.41, 5.74) is 2.75. The fourth-order valence-corrected chi connectivity index (χ4v) is 2.74. The summed E-state index contributed by atoms with van der Waals surface area (Å²) in [6.07, 6.45) is 2.19. The zero-order valence-corrected chi connectivity index (χ0v) is 13.0. The van der Waals surface area contributed by atoms with Gasteiger partial charge in [0.15, 0.2) is 11.5 Å². The van der Waals surface area contributed by atoms with Crippen molar-refractivity contribution in [1.29, 1.82) is 5.26 Å². The Bertz CT molecular complexity index is 789. The number of nitriles is 1. The number of fused-ring (bicyclic) bond motifs is 1. The number of ether oxygens (including phenoxy) is 2. The van der Waals surface area contributed by atoms with E-state index in [0.29, 0.717) is 35.8 Å². The van der Waals surface area contributed by atoms with Crippen molar-refractivity contribution in [3.63, 3.8) is 0 Å². The van der Waals surface area contributed by atoms with E-state index in [2.05, 4.69) is 10.3 Å². The Kier molecular flexibility index (Phi) is 3.94. The van der Waals surface area contributed by atoms with Crippen molar-refractivity contribution in [3.8, 4) is 17.6 Å². The molecule has 0 spiro atoms. The molecule has 0 aliphatic carbocycles. The van der Waals surface area contributed by atoms with Gasteiger partial charge in [0, 0.05) is 18.2 Å². The lowest BCUT2D eigenvalue weighted by Crippen LogP contribution is -2.32. The first-order valence-corrected chi connectivity index (χ1v) is 7.33. The lowest BCUT2D eigenvalue weighted by Gasteiger charge is -2.28. The van der Waals surface area contributed by atoms with Crippen LogP contribution in [0.1, 0.15) is 39.6 Å². The number of nitrogens with zero attached hydrogens (tertiary/aromatic N) is 1. The fraction of sp³-hybridized carbons (Fsp3) is 0.294. The molecule has 2 aromatic rings. The molecule has 3 rings (SSSR count). The molecular weight excluding hydrogens is 294 g/mol. The van der Waals surface area contributed by atoms with Crippen LogP contribution in [0, 0.1) is 18.3 Å². The van der Waals surface area contributed by atoms with Crippen LogP contribution in [0.25, 0.3) is 0 Å². The van der Waals surface area contributed by atoms with Crippen LogP contribution in [0.2, 0.25) is 0 Å². The first kappa shape index (κ1) is 15.0. The molecule has 2 heterocycles. The molecule has 1 aromatic heterocycles. The average molecular weight is 311 g/mol. The van der Waals surface area contributed by atoms with Gasteiger partial charge in [0.05, 0.1) is 25.3 Å². The number of carbonyl (C=O) groups excluding carboxylic acids is 1. The van der Waals surface area contributed by atoms with Crippen molar-refractivity contribution >= 4 is 5.91 Å². The summed E-state index contributed by atoms with van der Waals surface area (Å²) in [6.45, 7) is 2.48. The zero-order valence-electron chi connectivity index (χ0n) is 13.0. The van der Waals surface area contributed by atoms with Gasteiger partial charge in [-0.3, -0.25) is 4.79 Å². The number of rotatable bonds is 3. The van der Waals surface area contributed by atoms with Crippen molar-refractivity contribution in [2.75, 3.05) is 13.7 Å². The van der Waals surface area contributed by atoms with Gasteiger partial charge in [-0.2, -0.15) is 5.26 Å². The number of aromatic amines is 1. The molecule has 0 saturated heterocycles. The molecule has 118 valence electrons. The van der Waals surface area contributed by atoms with Crippen LogP contribution >= 0.6 is 0 Å². The van der Waals surface area contributed by atoms with Gasteiger partial charge in [-0.25, -0.2) is 0 Å². The maximum absolute atomic E-state index is 12.4. The number of methoxy groups -OCH3 is 1. The quantitative estimate of drug-likeness (QED) is 0.911. The van der Waals surface area contributed by atoms with Gasteiger partial charge >= 0.3 is 0 Å². The molecule has 0 saturated carbocycles. The summed E-state index contributed by atoms with van der Waals surface area (Å²) in [5.74, 6) is 1.11. The third-order valence-electron chi connectivity index (χ3n) is 3.84. The molecule has 1 aliphatic heterocycles. The Morgan fingerprint density at radius 1 is 1.48 bits per heavy atom. The topological polar surface area (TPSA) is 87.1 Å². The Morgan fingerprint density at radius 3 is 3.00 bits per heavy atom. The number of amides is 1. The number of hydrogen-bond donors (Lipinski definition) is 2. The molecule has 2 N–H and O–H groups in total. The monoisotopic (exact) mass is 311 g/mol. The second-order valence-corrected chi connectivity index (χ2v) is 5.46. The highest BCUT2D eigenvalue weighted by atomic mass is 16.5. The largest absolute Gasteiger partial charge is 0.493 e. The Hall–Kier alpha value is -2.94. The van der Waals surface area contributed by atoms with E-state index in [9.17, 15) is 4.79 Å². The standard InChI is InChI=1S/C17H17N3O3/c1-10-5-12-13(3-4-23-16(12)15(6-10)22-2)20-17(21)14-7-11(8-18)9-19-14/h5-7,9,13,19H,3-4H2,1-2H3,(H,20,21). The van der Waals surface area contributed by atoms with Gasteiger partial charge in [-0.15, -0.1) is 0 Å². The van der Waals surface area contributed by atoms with E-state index in [-0.39, 0.29) is 11.9 Å². The summed E-state index contributed by atoms with van der Waals surface area (Å²) in [6, 6.07) is 7.28. The van der Waals surface area contributed by atoms with Gasteiger partial charge in [-0.05, 0) is 24.6 Å². The van der Waals surface area contributed by atoms with Gasteiger partial charge < -0.3 is 19.8 Å². The maximum atomic E-state index is 12.4. The van der Waals surface area contributed by atoms with E-state index in [4.69, 9.17) is 14.7 Å². The molecule has 1 atom stereocenters. The summed E-state index contributed by atoms with van der Waals surface area (Å²) < 4.78 is 11.1. The van der Waals surface area contributed by atoms with E-state index < -0.39 is 0 Å². The number of carbonyl (C=O) groups is 1. The molecular formula is C17H17N3O3. The first-order chi connectivity index (χ1) is 11.1. The highest BCUT2D eigenvalue weighted by Gasteiger charge is 2.27. The molecule has 0 bridgehead atoms. The van der Waals surface area contributed by atoms with E-state index in [1.54, 1.807) is 7.11 Å². The van der Waals surface area contributed by atoms with Crippen LogP contribution in [0.15, 0.2) is 24.4 Å². The minimum absolute atomic E-state index is 0.158. The molecule has 0 radical (unpaired) electrons. The van der Waals surface area contributed by atoms with Crippen molar-refractivity contribution < 1.29 is 14.3 Å². The summed E-state index contributed by atoms with van der Waals surface area (Å²) in [4.78, 5) is 15.2. The zero-order chi connectivity index (χ0) is 16.4. The van der Waals surface area contributed by atoms with Gasteiger partial charge in [0.1, 0.15) is 11.8 Å². The van der Waals surface area contributed by atoms with Gasteiger partial charge in [0.25, 0.3) is 5.91 Å². The van der Waals surface area contributed by atoms with Crippen molar-refractivity contribution in [2.45, 2.75) is 19.4 Å². The number of aryl methyl sites for hydroxylation is 1. The minimum atomic E-state index is -0.246. The lowest BCUT2D eigenvalue weighted by atomic mass is 9.97. The predicted molar refractivity (Wildman–Crippen MR) is 83.6 cm³/mol. The Balaban J connectivity index is 1.87. The third-order valence-corrected chi connectivity index (χ3v) is 3.84. The molecule has 1 amide bonds. The molecule has 1 aliphatic rings. The number of hydrogen-bond acceptors (Lipinski definition) is 4. The van der Waals surface area contributed by atoms with Crippen LogP contribution < -0.4 is 14.8 Å². The first-order valence-electron chi connectivity index (χ1n) is 7.33. The smallest absolute Gasteiger partial charge is 0.268 e. The molecule has 1 aromatic carbocycles. The van der Waals surface area contributed by atoms with Crippen molar-refractivity contribution in [1.82, 2.24) is 10.3 Å². The number of benzene rings is 1.